The van der Waals surface area contributed by atoms with Crippen LogP contribution in [0.5, 0.6) is 0 Å². The van der Waals surface area contributed by atoms with Crippen molar-refractivity contribution in [2.45, 2.75) is 53.1 Å². The third kappa shape index (κ3) is 4.41. The molecule has 2 heteroatoms. The fourth-order valence-corrected chi connectivity index (χ4v) is 1.47. The summed E-state index contributed by atoms with van der Waals surface area (Å²) in [5.41, 5.74) is 0. The van der Waals surface area contributed by atoms with E-state index in [1.165, 1.54) is 0 Å². The molecule has 13 heavy (non-hydrogen) atoms. The van der Waals surface area contributed by atoms with E-state index in [9.17, 15) is 9.90 Å². The summed E-state index contributed by atoms with van der Waals surface area (Å²) in [5.74, 6) is 0.0832. The molecule has 78 valence electrons. The Bertz CT molecular complexity index is 150. The van der Waals surface area contributed by atoms with Crippen LogP contribution in [0.4, 0.5) is 0 Å². The van der Waals surface area contributed by atoms with Crippen molar-refractivity contribution in [3.8, 4) is 0 Å². The van der Waals surface area contributed by atoms with Gasteiger partial charge in [0.25, 0.3) is 0 Å². The highest BCUT2D eigenvalue weighted by Crippen LogP contribution is 2.18. The highest BCUT2D eigenvalue weighted by Gasteiger charge is 2.24. The van der Waals surface area contributed by atoms with Crippen LogP contribution in [0.3, 0.4) is 0 Å². The van der Waals surface area contributed by atoms with E-state index in [-0.39, 0.29) is 17.6 Å². The van der Waals surface area contributed by atoms with Crippen molar-refractivity contribution in [2.24, 2.45) is 11.8 Å². The minimum absolute atomic E-state index is 0.0384. The molecule has 0 aliphatic carbocycles. The first-order valence-corrected chi connectivity index (χ1v) is 5.22. The molecule has 1 N–H and O–H groups in total. The summed E-state index contributed by atoms with van der Waals surface area (Å²) in [5, 5.41) is 9.44. The smallest absolute Gasteiger partial charge is 0.141 e. The minimum Gasteiger partial charge on any atom is -0.393 e. The zero-order valence-electron chi connectivity index (χ0n) is 9.21. The summed E-state index contributed by atoms with van der Waals surface area (Å²) in [6.07, 6.45) is 2.43. The summed E-state index contributed by atoms with van der Waals surface area (Å²) in [6.45, 7) is 7.59. The number of aliphatic hydroxyl groups is 1. The lowest BCUT2D eigenvalue weighted by molar-refractivity contribution is -0.129. The van der Waals surface area contributed by atoms with E-state index in [0.29, 0.717) is 0 Å². The van der Waals surface area contributed by atoms with Crippen LogP contribution in [0.1, 0.15) is 47.0 Å². The Morgan fingerprint density at radius 2 is 1.85 bits per heavy atom. The standard InChI is InChI=1S/C11H22O2/c1-5-6-7-10(9(4)12)11(13)8(2)3/h8-10,12H,5-7H2,1-4H3. The largest absolute Gasteiger partial charge is 0.393 e. The molecule has 0 heterocycles. The average Bonchev–Trinajstić information content (AvgIpc) is 2.04. The SMILES string of the molecule is CCCCC(C(=O)C(C)C)C(C)O. The van der Waals surface area contributed by atoms with Gasteiger partial charge in [-0.15, -0.1) is 0 Å². The number of ketones is 1. The first kappa shape index (κ1) is 12.6. The number of carbonyl (C=O) groups is 1. The van der Waals surface area contributed by atoms with E-state index >= 15 is 0 Å². The molecule has 0 aromatic heterocycles. The van der Waals surface area contributed by atoms with E-state index in [4.69, 9.17) is 0 Å². The number of carbonyl (C=O) groups excluding carboxylic acids is 1. The first-order valence-electron chi connectivity index (χ1n) is 5.22. The summed E-state index contributed by atoms with van der Waals surface area (Å²) in [4.78, 5) is 11.6. The second-order valence-electron chi connectivity index (χ2n) is 4.05. The monoisotopic (exact) mass is 186 g/mol. The van der Waals surface area contributed by atoms with E-state index in [1.54, 1.807) is 6.92 Å². The van der Waals surface area contributed by atoms with Crippen LogP contribution in [0.2, 0.25) is 0 Å². The predicted molar refractivity (Wildman–Crippen MR) is 54.5 cm³/mol. The number of aliphatic hydroxyl groups excluding tert-OH is 1. The number of hydrogen-bond acceptors (Lipinski definition) is 2. The van der Waals surface area contributed by atoms with Crippen LogP contribution >= 0.6 is 0 Å². The van der Waals surface area contributed by atoms with Crippen LogP contribution in [0.25, 0.3) is 0 Å². The Balaban J connectivity index is 4.16. The van der Waals surface area contributed by atoms with E-state index < -0.39 is 6.10 Å². The summed E-state index contributed by atoms with van der Waals surface area (Å²) < 4.78 is 0. The minimum atomic E-state index is -0.499. The summed E-state index contributed by atoms with van der Waals surface area (Å²) in [6, 6.07) is 0. The van der Waals surface area contributed by atoms with Crippen molar-refractivity contribution in [2.75, 3.05) is 0 Å². The number of hydrogen-bond donors (Lipinski definition) is 1. The van der Waals surface area contributed by atoms with Gasteiger partial charge >= 0.3 is 0 Å². The predicted octanol–water partition coefficient (Wildman–Crippen LogP) is 2.40. The van der Waals surface area contributed by atoms with Gasteiger partial charge in [-0.05, 0) is 13.3 Å². The Labute approximate surface area is 81.3 Å². The van der Waals surface area contributed by atoms with Crippen LogP contribution in [0, 0.1) is 11.8 Å². The maximum Gasteiger partial charge on any atom is 0.141 e. The van der Waals surface area contributed by atoms with Gasteiger partial charge < -0.3 is 5.11 Å². The molecular weight excluding hydrogens is 164 g/mol. The quantitative estimate of drug-likeness (QED) is 0.691. The fraction of sp³-hybridized carbons (Fsp3) is 0.909. The Morgan fingerprint density at radius 1 is 1.31 bits per heavy atom. The highest BCUT2D eigenvalue weighted by molar-refractivity contribution is 5.83. The van der Waals surface area contributed by atoms with Gasteiger partial charge in [0, 0.05) is 11.8 Å². The fourth-order valence-electron chi connectivity index (χ4n) is 1.47. The molecule has 0 aromatic carbocycles. The molecule has 0 saturated carbocycles. The van der Waals surface area contributed by atoms with Crippen molar-refractivity contribution in [1.82, 2.24) is 0 Å². The molecule has 0 aliphatic heterocycles. The van der Waals surface area contributed by atoms with Crippen LogP contribution < -0.4 is 0 Å². The van der Waals surface area contributed by atoms with Gasteiger partial charge in [0.1, 0.15) is 5.78 Å². The molecule has 0 aliphatic rings. The van der Waals surface area contributed by atoms with Gasteiger partial charge in [0.2, 0.25) is 0 Å². The number of unbranched alkanes of at least 4 members (excludes halogenated alkanes) is 1. The summed E-state index contributed by atoms with van der Waals surface area (Å²) in [7, 11) is 0. The molecule has 0 amide bonds. The molecule has 0 aromatic rings. The van der Waals surface area contributed by atoms with Crippen molar-refractivity contribution in [3.05, 3.63) is 0 Å². The lowest BCUT2D eigenvalue weighted by atomic mass is 9.87. The third-order valence-electron chi connectivity index (χ3n) is 2.39. The maximum atomic E-state index is 11.6. The van der Waals surface area contributed by atoms with Crippen molar-refractivity contribution >= 4 is 5.78 Å². The number of rotatable bonds is 6. The Hall–Kier alpha value is -0.370. The first-order chi connectivity index (χ1) is 6.00. The average molecular weight is 186 g/mol. The second-order valence-corrected chi connectivity index (χ2v) is 4.05. The third-order valence-corrected chi connectivity index (χ3v) is 2.39. The maximum absolute atomic E-state index is 11.6. The molecule has 2 unspecified atom stereocenters. The molecule has 2 atom stereocenters. The molecule has 0 fully saturated rings. The van der Waals surface area contributed by atoms with Gasteiger partial charge in [-0.25, -0.2) is 0 Å². The van der Waals surface area contributed by atoms with Crippen molar-refractivity contribution in [1.29, 1.82) is 0 Å². The molecule has 0 bridgehead atoms. The van der Waals surface area contributed by atoms with Gasteiger partial charge in [-0.1, -0.05) is 33.6 Å². The van der Waals surface area contributed by atoms with E-state index in [0.717, 1.165) is 19.3 Å². The summed E-state index contributed by atoms with van der Waals surface area (Å²) >= 11 is 0. The molecular formula is C11H22O2. The van der Waals surface area contributed by atoms with Crippen molar-refractivity contribution < 1.29 is 9.90 Å². The van der Waals surface area contributed by atoms with Gasteiger partial charge in [0.15, 0.2) is 0 Å². The zero-order valence-corrected chi connectivity index (χ0v) is 9.21. The normalized spacial score (nSPS) is 15.8. The number of Topliss-reactive ketones (excluding diaryl/α,β-unsaturated/α-hetero) is 1. The van der Waals surface area contributed by atoms with Crippen molar-refractivity contribution in [3.63, 3.8) is 0 Å². The second kappa shape index (κ2) is 6.14. The molecule has 0 saturated heterocycles. The molecule has 2 nitrogen and oxygen atoms in total. The topological polar surface area (TPSA) is 37.3 Å². The molecule has 0 rings (SSSR count). The van der Waals surface area contributed by atoms with E-state index in [2.05, 4.69) is 6.92 Å². The van der Waals surface area contributed by atoms with Gasteiger partial charge in [0.05, 0.1) is 6.10 Å². The Morgan fingerprint density at radius 3 is 2.15 bits per heavy atom. The molecule has 0 radical (unpaired) electrons. The van der Waals surface area contributed by atoms with Crippen LogP contribution in [0.15, 0.2) is 0 Å². The lowest BCUT2D eigenvalue weighted by Crippen LogP contribution is -2.29. The van der Waals surface area contributed by atoms with Crippen LogP contribution in [-0.2, 0) is 4.79 Å². The van der Waals surface area contributed by atoms with Crippen LogP contribution in [-0.4, -0.2) is 17.0 Å². The highest BCUT2D eigenvalue weighted by atomic mass is 16.3. The Kier molecular flexibility index (Phi) is 5.97. The zero-order chi connectivity index (χ0) is 10.4. The van der Waals surface area contributed by atoms with E-state index in [1.807, 2.05) is 13.8 Å². The van der Waals surface area contributed by atoms with Gasteiger partial charge in [-0.2, -0.15) is 0 Å². The van der Waals surface area contributed by atoms with Gasteiger partial charge in [-0.3, -0.25) is 4.79 Å². The molecule has 0 spiro atoms. The lowest BCUT2D eigenvalue weighted by Gasteiger charge is -2.20.